The number of anilines is 4. The van der Waals surface area contributed by atoms with Crippen LogP contribution in [-0.2, 0) is 6.54 Å². The first kappa shape index (κ1) is 27.9. The van der Waals surface area contributed by atoms with E-state index in [-0.39, 0.29) is 29.6 Å². The maximum atomic E-state index is 15.1. The molecule has 1 aliphatic carbocycles. The van der Waals surface area contributed by atoms with Crippen molar-refractivity contribution in [3.63, 3.8) is 0 Å². The van der Waals surface area contributed by atoms with E-state index < -0.39 is 11.6 Å². The van der Waals surface area contributed by atoms with E-state index in [2.05, 4.69) is 30.6 Å². The first-order valence-electron chi connectivity index (χ1n) is 13.7. The van der Waals surface area contributed by atoms with Crippen molar-refractivity contribution in [1.29, 1.82) is 0 Å². The summed E-state index contributed by atoms with van der Waals surface area (Å²) in [5, 5.41) is 11.1. The highest BCUT2D eigenvalue weighted by molar-refractivity contribution is 5.75. The minimum Gasteiger partial charge on any atom is -0.494 e. The van der Waals surface area contributed by atoms with Crippen LogP contribution in [0.3, 0.4) is 0 Å². The van der Waals surface area contributed by atoms with Crippen LogP contribution in [0.4, 0.5) is 32.1 Å². The van der Waals surface area contributed by atoms with Crippen LogP contribution in [0, 0.1) is 18.6 Å². The maximum Gasteiger partial charge on any atom is 0.204 e. The number of nitrogens with one attached hydrogen (secondary N) is 2. The third-order valence-corrected chi connectivity index (χ3v) is 6.87. The lowest BCUT2D eigenvalue weighted by Crippen LogP contribution is -2.10. The van der Waals surface area contributed by atoms with E-state index in [0.29, 0.717) is 41.3 Å². The summed E-state index contributed by atoms with van der Waals surface area (Å²) in [7, 11) is 1.50. The highest BCUT2D eigenvalue weighted by Gasteiger charge is 2.33. The van der Waals surface area contributed by atoms with Crippen molar-refractivity contribution in [2.75, 3.05) is 24.4 Å². The Morgan fingerprint density at radius 1 is 0.953 bits per heavy atom. The Balaban J connectivity index is 1.46. The number of ether oxygens (including phenoxy) is 2. The summed E-state index contributed by atoms with van der Waals surface area (Å²) in [6, 6.07) is 5.76. The topological polar surface area (TPSA) is 138 Å². The fourth-order valence-corrected chi connectivity index (χ4v) is 4.79. The molecule has 5 aromatic rings. The van der Waals surface area contributed by atoms with Gasteiger partial charge in [0, 0.05) is 47.3 Å². The van der Waals surface area contributed by atoms with Gasteiger partial charge in [-0.25, -0.2) is 38.7 Å². The molecule has 0 unspecified atom stereocenters. The minimum absolute atomic E-state index is 0.104. The van der Waals surface area contributed by atoms with Crippen molar-refractivity contribution >= 4 is 23.3 Å². The van der Waals surface area contributed by atoms with Gasteiger partial charge in [0.15, 0.2) is 17.5 Å². The number of nitrogens with zero attached hydrogens (tertiary/aromatic N) is 8. The van der Waals surface area contributed by atoms with Crippen molar-refractivity contribution < 1.29 is 18.3 Å². The average molecular weight is 587 g/mol. The average Bonchev–Trinajstić information content (AvgIpc) is 3.78. The number of halogens is 2. The second-order valence-electron chi connectivity index (χ2n) is 9.81. The van der Waals surface area contributed by atoms with Gasteiger partial charge in [-0.2, -0.15) is 5.10 Å². The zero-order chi connectivity index (χ0) is 29.9. The monoisotopic (exact) mass is 586 g/mol. The third kappa shape index (κ3) is 5.89. The molecule has 1 saturated carbocycles. The molecule has 0 saturated heterocycles. The van der Waals surface area contributed by atoms with Gasteiger partial charge in [0.1, 0.15) is 47.4 Å². The Morgan fingerprint density at radius 2 is 1.56 bits per heavy atom. The molecule has 1 aromatic carbocycles. The van der Waals surface area contributed by atoms with Gasteiger partial charge >= 0.3 is 0 Å². The fraction of sp³-hybridized carbons (Fsp3) is 0.276. The predicted molar refractivity (Wildman–Crippen MR) is 154 cm³/mol. The van der Waals surface area contributed by atoms with E-state index in [1.54, 1.807) is 36.1 Å². The molecule has 2 N–H and O–H groups in total. The van der Waals surface area contributed by atoms with E-state index in [1.807, 2.05) is 6.92 Å². The lowest BCUT2D eigenvalue weighted by Gasteiger charge is -2.15. The molecule has 1 fully saturated rings. The number of hydrogen-bond donors (Lipinski definition) is 2. The van der Waals surface area contributed by atoms with Crippen LogP contribution in [0.2, 0.25) is 0 Å². The molecule has 0 bridgehead atoms. The smallest absolute Gasteiger partial charge is 0.204 e. The summed E-state index contributed by atoms with van der Waals surface area (Å²) < 4.78 is 42.8. The van der Waals surface area contributed by atoms with Crippen LogP contribution in [-0.4, -0.2) is 53.4 Å². The fourth-order valence-electron chi connectivity index (χ4n) is 4.79. The van der Waals surface area contributed by atoms with Gasteiger partial charge in [0.25, 0.3) is 0 Å². The Labute approximate surface area is 245 Å². The van der Waals surface area contributed by atoms with Gasteiger partial charge < -0.3 is 20.1 Å². The van der Waals surface area contributed by atoms with E-state index in [1.165, 1.54) is 31.9 Å². The summed E-state index contributed by atoms with van der Waals surface area (Å²) in [6.45, 7) is 3.87. The first-order chi connectivity index (χ1) is 20.9. The standard InChI is InChI=1S/C29H28F2N10O2/c1-4-43-18-11-20(30)19(21(31)12-18)13-41-25(17-5-6-17)16(2)24(40-41)27-38-28(36-22-7-9-32-14-34-22)26(42-3)29(39-27)37-23-8-10-33-15-35-23/h7-12,14-15,17H,4-6,13H2,1-3H3,(H2,32,33,34,35,36,37,38,39). The van der Waals surface area contributed by atoms with Crippen LogP contribution in [0.25, 0.3) is 11.5 Å². The Hall–Kier alpha value is -5.27. The predicted octanol–water partition coefficient (Wildman–Crippen LogP) is 5.33. The second-order valence-corrected chi connectivity index (χ2v) is 9.81. The number of rotatable bonds is 11. The number of aromatic nitrogens is 8. The van der Waals surface area contributed by atoms with Gasteiger partial charge in [-0.1, -0.05) is 0 Å². The van der Waals surface area contributed by atoms with E-state index >= 15 is 8.78 Å². The maximum absolute atomic E-state index is 15.1. The molecule has 0 spiro atoms. The van der Waals surface area contributed by atoms with Gasteiger partial charge in [-0.3, -0.25) is 4.68 Å². The molecule has 4 heterocycles. The zero-order valence-corrected chi connectivity index (χ0v) is 23.7. The molecule has 4 aromatic heterocycles. The molecule has 43 heavy (non-hydrogen) atoms. The largest absolute Gasteiger partial charge is 0.494 e. The molecule has 1 aliphatic rings. The van der Waals surface area contributed by atoms with Crippen molar-refractivity contribution in [3.8, 4) is 23.0 Å². The van der Waals surface area contributed by atoms with Gasteiger partial charge in [-0.15, -0.1) is 0 Å². The summed E-state index contributed by atoms with van der Waals surface area (Å²) >= 11 is 0. The summed E-state index contributed by atoms with van der Waals surface area (Å²) in [4.78, 5) is 25.9. The second kappa shape index (κ2) is 11.9. The van der Waals surface area contributed by atoms with Gasteiger partial charge in [0.2, 0.25) is 5.75 Å². The summed E-state index contributed by atoms with van der Waals surface area (Å²) in [5.74, 6) is 1.11. The highest BCUT2D eigenvalue weighted by atomic mass is 19.1. The van der Waals surface area contributed by atoms with Crippen molar-refractivity contribution in [2.24, 2.45) is 0 Å². The molecule has 220 valence electrons. The molecule has 0 aliphatic heterocycles. The van der Waals surface area contributed by atoms with Crippen molar-refractivity contribution in [3.05, 3.63) is 77.8 Å². The lowest BCUT2D eigenvalue weighted by molar-refractivity contribution is 0.335. The molecule has 0 radical (unpaired) electrons. The summed E-state index contributed by atoms with van der Waals surface area (Å²) in [6.07, 6.45) is 7.90. The van der Waals surface area contributed by atoms with Gasteiger partial charge in [-0.05, 0) is 38.8 Å². The molecular weight excluding hydrogens is 558 g/mol. The SMILES string of the molecule is CCOc1cc(F)c(Cn2nc(-c3nc(Nc4ccncn4)c(OC)c(Nc4ccncn4)n3)c(C)c2C2CC2)c(F)c1. The molecule has 0 atom stereocenters. The van der Waals surface area contributed by atoms with Crippen LogP contribution >= 0.6 is 0 Å². The number of methoxy groups -OCH3 is 1. The van der Waals surface area contributed by atoms with Crippen molar-refractivity contribution in [2.45, 2.75) is 39.2 Å². The minimum atomic E-state index is -0.701. The number of hydrogen-bond acceptors (Lipinski definition) is 11. The zero-order valence-electron chi connectivity index (χ0n) is 23.7. The molecule has 0 amide bonds. The molecule has 14 heteroatoms. The van der Waals surface area contributed by atoms with E-state index in [9.17, 15) is 0 Å². The Bertz CT molecular complexity index is 1660. The van der Waals surface area contributed by atoms with E-state index in [4.69, 9.17) is 24.5 Å². The third-order valence-electron chi connectivity index (χ3n) is 6.87. The van der Waals surface area contributed by atoms with Crippen LogP contribution < -0.4 is 20.1 Å². The number of benzene rings is 1. The Kier molecular flexibility index (Phi) is 7.73. The van der Waals surface area contributed by atoms with Crippen LogP contribution in [0.15, 0.2) is 49.3 Å². The quantitative estimate of drug-likeness (QED) is 0.208. The summed E-state index contributed by atoms with van der Waals surface area (Å²) in [5.41, 5.74) is 2.07. The Morgan fingerprint density at radius 3 is 2.05 bits per heavy atom. The van der Waals surface area contributed by atoms with Crippen LogP contribution in [0.1, 0.15) is 42.5 Å². The van der Waals surface area contributed by atoms with Crippen molar-refractivity contribution in [1.82, 2.24) is 39.7 Å². The van der Waals surface area contributed by atoms with E-state index in [0.717, 1.165) is 24.1 Å². The molecule has 6 rings (SSSR count). The molecular formula is C29H28F2N10O2. The first-order valence-corrected chi connectivity index (χ1v) is 13.7. The lowest BCUT2D eigenvalue weighted by atomic mass is 10.1. The normalized spacial score (nSPS) is 12.7. The van der Waals surface area contributed by atoms with Gasteiger partial charge in [0.05, 0.1) is 20.3 Å². The molecule has 12 nitrogen and oxygen atoms in total. The van der Waals surface area contributed by atoms with Crippen LogP contribution in [0.5, 0.6) is 11.5 Å². The highest BCUT2D eigenvalue weighted by Crippen LogP contribution is 2.44.